The van der Waals surface area contributed by atoms with E-state index >= 15 is 0 Å². The Kier molecular flexibility index (Phi) is 5.44. The molecule has 0 aliphatic heterocycles. The Bertz CT molecular complexity index is 372. The number of ether oxygens (including phenoxy) is 2. The highest BCUT2D eigenvalue weighted by atomic mass is 16.5. The molecular formula is C14H23NO3. The maximum atomic E-state index is 8.79. The van der Waals surface area contributed by atoms with E-state index in [1.54, 1.807) is 7.11 Å². The maximum Gasteiger partial charge on any atom is 0.161 e. The van der Waals surface area contributed by atoms with Crippen LogP contribution in [0.3, 0.4) is 0 Å². The van der Waals surface area contributed by atoms with E-state index in [4.69, 9.17) is 14.6 Å². The van der Waals surface area contributed by atoms with Crippen molar-refractivity contribution in [3.8, 4) is 11.5 Å². The molecule has 0 saturated carbocycles. The summed E-state index contributed by atoms with van der Waals surface area (Å²) in [5, 5.41) is 12.2. The van der Waals surface area contributed by atoms with Crippen LogP contribution in [0.4, 0.5) is 0 Å². The average molecular weight is 253 g/mol. The molecule has 0 aliphatic rings. The van der Waals surface area contributed by atoms with Gasteiger partial charge in [-0.15, -0.1) is 0 Å². The van der Waals surface area contributed by atoms with Gasteiger partial charge in [-0.25, -0.2) is 0 Å². The van der Waals surface area contributed by atoms with Gasteiger partial charge in [0.05, 0.1) is 13.7 Å². The molecule has 0 radical (unpaired) electrons. The molecule has 1 aromatic carbocycles. The molecule has 4 heteroatoms. The highest BCUT2D eigenvalue weighted by Crippen LogP contribution is 2.28. The second-order valence-corrected chi connectivity index (χ2v) is 5.16. The Morgan fingerprint density at radius 1 is 1.22 bits per heavy atom. The molecule has 0 aromatic heterocycles. The fourth-order valence-electron chi connectivity index (χ4n) is 1.47. The summed E-state index contributed by atoms with van der Waals surface area (Å²) in [6.45, 7) is 7.40. The normalized spacial score (nSPS) is 11.4. The molecule has 102 valence electrons. The van der Waals surface area contributed by atoms with Crippen LogP contribution in [-0.4, -0.2) is 31.0 Å². The first kappa shape index (κ1) is 14.8. The zero-order chi connectivity index (χ0) is 13.6. The Labute approximate surface area is 109 Å². The summed E-state index contributed by atoms with van der Waals surface area (Å²) in [6, 6.07) is 5.82. The van der Waals surface area contributed by atoms with Gasteiger partial charge in [0, 0.05) is 12.1 Å². The van der Waals surface area contributed by atoms with Crippen molar-refractivity contribution in [2.45, 2.75) is 32.9 Å². The highest BCUT2D eigenvalue weighted by Gasteiger charge is 2.10. The Morgan fingerprint density at radius 2 is 1.94 bits per heavy atom. The van der Waals surface area contributed by atoms with Gasteiger partial charge in [0.15, 0.2) is 11.5 Å². The molecule has 18 heavy (non-hydrogen) atoms. The minimum absolute atomic E-state index is 0.00633. The van der Waals surface area contributed by atoms with E-state index in [2.05, 4.69) is 26.1 Å². The van der Waals surface area contributed by atoms with Crippen molar-refractivity contribution in [2.24, 2.45) is 0 Å². The van der Waals surface area contributed by atoms with E-state index in [1.165, 1.54) is 0 Å². The van der Waals surface area contributed by atoms with Crippen molar-refractivity contribution in [1.82, 2.24) is 5.32 Å². The van der Waals surface area contributed by atoms with Gasteiger partial charge in [-0.2, -0.15) is 0 Å². The highest BCUT2D eigenvalue weighted by molar-refractivity contribution is 5.43. The SMILES string of the molecule is COc1ccc(CNC(C)(C)C)cc1OCCO. The standard InChI is InChI=1S/C14H23NO3/c1-14(2,3)15-10-11-5-6-12(17-4)13(9-11)18-8-7-16/h5-6,9,15-16H,7-8,10H2,1-4H3. The zero-order valence-electron chi connectivity index (χ0n) is 11.6. The number of rotatable bonds is 6. The van der Waals surface area contributed by atoms with Gasteiger partial charge >= 0.3 is 0 Å². The van der Waals surface area contributed by atoms with Crippen LogP contribution >= 0.6 is 0 Å². The molecule has 0 fully saturated rings. The first-order valence-electron chi connectivity index (χ1n) is 6.12. The fraction of sp³-hybridized carbons (Fsp3) is 0.571. The van der Waals surface area contributed by atoms with Crippen LogP contribution in [0.1, 0.15) is 26.3 Å². The molecule has 1 rings (SSSR count). The number of benzene rings is 1. The fourth-order valence-corrected chi connectivity index (χ4v) is 1.47. The predicted octanol–water partition coefficient (Wildman–Crippen LogP) is 1.95. The van der Waals surface area contributed by atoms with Crippen molar-refractivity contribution in [2.75, 3.05) is 20.3 Å². The molecule has 0 saturated heterocycles. The monoisotopic (exact) mass is 253 g/mol. The van der Waals surface area contributed by atoms with Crippen LogP contribution in [-0.2, 0) is 6.54 Å². The summed E-state index contributed by atoms with van der Waals surface area (Å²) in [5.41, 5.74) is 1.20. The van der Waals surface area contributed by atoms with E-state index in [9.17, 15) is 0 Å². The van der Waals surface area contributed by atoms with E-state index < -0.39 is 0 Å². The lowest BCUT2D eigenvalue weighted by Gasteiger charge is -2.21. The minimum Gasteiger partial charge on any atom is -0.493 e. The molecular weight excluding hydrogens is 230 g/mol. The molecule has 4 nitrogen and oxygen atoms in total. The number of aliphatic hydroxyl groups is 1. The molecule has 0 aliphatic carbocycles. The molecule has 0 bridgehead atoms. The lowest BCUT2D eigenvalue weighted by molar-refractivity contribution is 0.196. The molecule has 1 aromatic rings. The maximum absolute atomic E-state index is 8.79. The Balaban J connectivity index is 2.75. The predicted molar refractivity (Wildman–Crippen MR) is 72.2 cm³/mol. The van der Waals surface area contributed by atoms with E-state index in [-0.39, 0.29) is 18.8 Å². The molecule has 0 heterocycles. The van der Waals surface area contributed by atoms with Gasteiger partial charge in [-0.05, 0) is 38.5 Å². The average Bonchev–Trinajstić information content (AvgIpc) is 2.33. The van der Waals surface area contributed by atoms with Gasteiger partial charge in [0.2, 0.25) is 0 Å². The van der Waals surface area contributed by atoms with Crippen LogP contribution in [0.5, 0.6) is 11.5 Å². The summed E-state index contributed by atoms with van der Waals surface area (Å²) < 4.78 is 10.7. The molecule has 0 atom stereocenters. The lowest BCUT2D eigenvalue weighted by Crippen LogP contribution is -2.35. The topological polar surface area (TPSA) is 50.7 Å². The summed E-state index contributed by atoms with van der Waals surface area (Å²) in [6.07, 6.45) is 0. The van der Waals surface area contributed by atoms with Crippen LogP contribution in [0.2, 0.25) is 0 Å². The van der Waals surface area contributed by atoms with Gasteiger partial charge in [0.25, 0.3) is 0 Å². The van der Waals surface area contributed by atoms with Crippen LogP contribution in [0.15, 0.2) is 18.2 Å². The lowest BCUT2D eigenvalue weighted by atomic mass is 10.1. The van der Waals surface area contributed by atoms with Crippen LogP contribution in [0, 0.1) is 0 Å². The van der Waals surface area contributed by atoms with E-state index in [0.29, 0.717) is 11.5 Å². The van der Waals surface area contributed by atoms with E-state index in [1.807, 2.05) is 18.2 Å². The third-order valence-electron chi connectivity index (χ3n) is 2.40. The van der Waals surface area contributed by atoms with Crippen LogP contribution < -0.4 is 14.8 Å². The first-order valence-corrected chi connectivity index (χ1v) is 6.12. The Hall–Kier alpha value is -1.26. The molecule has 0 unspecified atom stereocenters. The molecule has 0 amide bonds. The third kappa shape index (κ3) is 4.94. The molecule has 2 N–H and O–H groups in total. The number of hydrogen-bond donors (Lipinski definition) is 2. The quantitative estimate of drug-likeness (QED) is 0.813. The van der Waals surface area contributed by atoms with Gasteiger partial charge in [0.1, 0.15) is 6.61 Å². The summed E-state index contributed by atoms with van der Waals surface area (Å²) >= 11 is 0. The van der Waals surface area contributed by atoms with Gasteiger partial charge in [-0.1, -0.05) is 6.07 Å². The van der Waals surface area contributed by atoms with Gasteiger partial charge in [-0.3, -0.25) is 0 Å². The minimum atomic E-state index is -0.00633. The van der Waals surface area contributed by atoms with Crippen molar-refractivity contribution >= 4 is 0 Å². The third-order valence-corrected chi connectivity index (χ3v) is 2.40. The number of aliphatic hydroxyl groups excluding tert-OH is 1. The number of hydrogen-bond acceptors (Lipinski definition) is 4. The van der Waals surface area contributed by atoms with Crippen LogP contribution in [0.25, 0.3) is 0 Å². The van der Waals surface area contributed by atoms with Crippen molar-refractivity contribution in [3.05, 3.63) is 23.8 Å². The van der Waals surface area contributed by atoms with Crippen molar-refractivity contribution in [3.63, 3.8) is 0 Å². The summed E-state index contributed by atoms with van der Waals surface area (Å²) in [7, 11) is 1.61. The summed E-state index contributed by atoms with van der Waals surface area (Å²) in [4.78, 5) is 0. The largest absolute Gasteiger partial charge is 0.493 e. The van der Waals surface area contributed by atoms with Gasteiger partial charge < -0.3 is 19.9 Å². The second kappa shape index (κ2) is 6.61. The molecule has 0 spiro atoms. The zero-order valence-corrected chi connectivity index (χ0v) is 11.6. The first-order chi connectivity index (χ1) is 8.46. The number of nitrogens with one attached hydrogen (secondary N) is 1. The van der Waals surface area contributed by atoms with E-state index in [0.717, 1.165) is 12.1 Å². The van der Waals surface area contributed by atoms with Crippen molar-refractivity contribution < 1.29 is 14.6 Å². The smallest absolute Gasteiger partial charge is 0.161 e. The Morgan fingerprint density at radius 3 is 2.50 bits per heavy atom. The van der Waals surface area contributed by atoms with Crippen molar-refractivity contribution in [1.29, 1.82) is 0 Å². The summed E-state index contributed by atoms with van der Waals surface area (Å²) in [5.74, 6) is 1.35. The second-order valence-electron chi connectivity index (χ2n) is 5.16. The number of methoxy groups -OCH3 is 1.